The quantitative estimate of drug-likeness (QED) is 0.735. The monoisotopic (exact) mass is 295 g/mol. The Morgan fingerprint density at radius 3 is 2.57 bits per heavy atom. The van der Waals surface area contributed by atoms with Crippen LogP contribution >= 0.6 is 0 Å². The van der Waals surface area contributed by atoms with Crippen LogP contribution in [0, 0.1) is 5.41 Å². The maximum absolute atomic E-state index is 5.62. The zero-order valence-electron chi connectivity index (χ0n) is 13.8. The minimum Gasteiger partial charge on any atom is -0.381 e. The van der Waals surface area contributed by atoms with Crippen LogP contribution in [0.5, 0.6) is 0 Å². The highest BCUT2D eigenvalue weighted by molar-refractivity contribution is 4.91. The number of hydrogen-bond acceptors (Lipinski definition) is 4. The fourth-order valence-electron chi connectivity index (χ4n) is 3.81. The third-order valence-corrected chi connectivity index (χ3v) is 5.50. The van der Waals surface area contributed by atoms with Crippen molar-refractivity contribution >= 4 is 0 Å². The SMILES string of the molecule is CN(CCN1CCCC1)CC1(CNC2CC2)CCOCC1. The van der Waals surface area contributed by atoms with Crippen molar-refractivity contribution in [1.82, 2.24) is 15.1 Å². The van der Waals surface area contributed by atoms with Crippen LogP contribution in [-0.2, 0) is 4.74 Å². The van der Waals surface area contributed by atoms with Gasteiger partial charge in [-0.3, -0.25) is 0 Å². The number of likely N-dealkylation sites (tertiary alicyclic amines) is 1. The van der Waals surface area contributed by atoms with Gasteiger partial charge in [-0.2, -0.15) is 0 Å². The van der Waals surface area contributed by atoms with E-state index in [1.165, 1.54) is 77.8 Å². The van der Waals surface area contributed by atoms with Crippen LogP contribution in [0.25, 0.3) is 0 Å². The van der Waals surface area contributed by atoms with Gasteiger partial charge in [0.25, 0.3) is 0 Å². The Kier molecular flexibility index (Phi) is 5.54. The predicted octanol–water partition coefficient (Wildman–Crippen LogP) is 1.56. The van der Waals surface area contributed by atoms with Gasteiger partial charge in [0.1, 0.15) is 0 Å². The van der Waals surface area contributed by atoms with Gasteiger partial charge < -0.3 is 19.9 Å². The molecule has 1 aliphatic carbocycles. The molecular formula is C17H33N3O. The van der Waals surface area contributed by atoms with Gasteiger partial charge in [-0.1, -0.05) is 0 Å². The van der Waals surface area contributed by atoms with Crippen molar-refractivity contribution < 1.29 is 4.74 Å². The number of nitrogens with zero attached hydrogens (tertiary/aromatic N) is 2. The van der Waals surface area contributed by atoms with Crippen LogP contribution in [0.1, 0.15) is 38.5 Å². The third kappa shape index (κ3) is 4.92. The molecular weight excluding hydrogens is 262 g/mol. The van der Waals surface area contributed by atoms with Gasteiger partial charge in [0.15, 0.2) is 0 Å². The first-order valence-electron chi connectivity index (χ1n) is 8.98. The van der Waals surface area contributed by atoms with Crippen LogP contribution in [0.4, 0.5) is 0 Å². The lowest BCUT2D eigenvalue weighted by Crippen LogP contribution is -2.48. The van der Waals surface area contributed by atoms with Gasteiger partial charge >= 0.3 is 0 Å². The Morgan fingerprint density at radius 1 is 1.19 bits per heavy atom. The first-order chi connectivity index (χ1) is 10.3. The Morgan fingerprint density at radius 2 is 1.90 bits per heavy atom. The van der Waals surface area contributed by atoms with E-state index in [-0.39, 0.29) is 0 Å². The summed E-state index contributed by atoms with van der Waals surface area (Å²) in [5.41, 5.74) is 0.445. The molecule has 0 aromatic heterocycles. The Bertz CT molecular complexity index is 307. The molecule has 0 radical (unpaired) electrons. The molecule has 122 valence electrons. The summed E-state index contributed by atoms with van der Waals surface area (Å²) in [4.78, 5) is 5.19. The summed E-state index contributed by atoms with van der Waals surface area (Å²) in [7, 11) is 2.31. The molecule has 3 fully saturated rings. The molecule has 0 spiro atoms. The van der Waals surface area contributed by atoms with E-state index >= 15 is 0 Å². The minimum absolute atomic E-state index is 0.445. The molecule has 4 nitrogen and oxygen atoms in total. The molecule has 0 aromatic carbocycles. The maximum atomic E-state index is 5.62. The molecule has 2 saturated heterocycles. The highest BCUT2D eigenvalue weighted by Gasteiger charge is 2.35. The summed E-state index contributed by atoms with van der Waals surface area (Å²) in [6.45, 7) is 9.41. The average molecular weight is 295 g/mol. The smallest absolute Gasteiger partial charge is 0.0472 e. The zero-order valence-corrected chi connectivity index (χ0v) is 13.8. The molecule has 0 bridgehead atoms. The molecule has 0 aromatic rings. The summed E-state index contributed by atoms with van der Waals surface area (Å²) < 4.78 is 5.62. The third-order valence-electron chi connectivity index (χ3n) is 5.50. The highest BCUT2D eigenvalue weighted by atomic mass is 16.5. The normalized spacial score (nSPS) is 26.6. The fourth-order valence-corrected chi connectivity index (χ4v) is 3.81. The minimum atomic E-state index is 0.445. The summed E-state index contributed by atoms with van der Waals surface area (Å²) >= 11 is 0. The van der Waals surface area contributed by atoms with Crippen molar-refractivity contribution in [3.8, 4) is 0 Å². The Labute approximate surface area is 130 Å². The van der Waals surface area contributed by atoms with Crippen LogP contribution in [0.2, 0.25) is 0 Å². The van der Waals surface area contributed by atoms with E-state index in [1.807, 2.05) is 0 Å². The van der Waals surface area contributed by atoms with Crippen molar-refractivity contribution in [2.45, 2.75) is 44.6 Å². The van der Waals surface area contributed by atoms with E-state index in [1.54, 1.807) is 0 Å². The van der Waals surface area contributed by atoms with E-state index < -0.39 is 0 Å². The number of ether oxygens (including phenoxy) is 1. The number of nitrogens with one attached hydrogen (secondary N) is 1. The molecule has 2 heterocycles. The van der Waals surface area contributed by atoms with E-state index in [0.717, 1.165) is 19.3 Å². The van der Waals surface area contributed by atoms with E-state index in [4.69, 9.17) is 4.74 Å². The summed E-state index contributed by atoms with van der Waals surface area (Å²) in [5, 5.41) is 3.78. The van der Waals surface area contributed by atoms with Crippen LogP contribution in [-0.4, -0.2) is 75.4 Å². The van der Waals surface area contributed by atoms with Gasteiger partial charge in [0.05, 0.1) is 0 Å². The van der Waals surface area contributed by atoms with Gasteiger partial charge in [-0.25, -0.2) is 0 Å². The van der Waals surface area contributed by atoms with Crippen LogP contribution < -0.4 is 5.32 Å². The number of hydrogen-bond donors (Lipinski definition) is 1. The van der Waals surface area contributed by atoms with Crippen LogP contribution in [0.3, 0.4) is 0 Å². The summed E-state index contributed by atoms with van der Waals surface area (Å²) in [6.07, 6.45) is 8.02. The lowest BCUT2D eigenvalue weighted by Gasteiger charge is -2.40. The average Bonchev–Trinajstić information content (AvgIpc) is 3.18. The van der Waals surface area contributed by atoms with Crippen molar-refractivity contribution in [3.63, 3.8) is 0 Å². The van der Waals surface area contributed by atoms with Gasteiger partial charge in [-0.15, -0.1) is 0 Å². The van der Waals surface area contributed by atoms with Crippen molar-refractivity contribution in [2.75, 3.05) is 59.5 Å². The molecule has 1 saturated carbocycles. The molecule has 21 heavy (non-hydrogen) atoms. The first kappa shape index (κ1) is 15.7. The molecule has 1 N–H and O–H groups in total. The lowest BCUT2D eigenvalue weighted by atomic mass is 9.79. The lowest BCUT2D eigenvalue weighted by molar-refractivity contribution is -0.00153. The fraction of sp³-hybridized carbons (Fsp3) is 1.00. The molecule has 0 atom stereocenters. The van der Waals surface area contributed by atoms with Crippen molar-refractivity contribution in [1.29, 1.82) is 0 Å². The second-order valence-corrected chi connectivity index (χ2v) is 7.55. The molecule has 3 aliphatic rings. The van der Waals surface area contributed by atoms with E-state index in [2.05, 4.69) is 22.2 Å². The first-order valence-corrected chi connectivity index (χ1v) is 8.98. The molecule has 0 amide bonds. The Balaban J connectivity index is 1.44. The summed E-state index contributed by atoms with van der Waals surface area (Å²) in [5.74, 6) is 0. The second kappa shape index (κ2) is 7.40. The highest BCUT2D eigenvalue weighted by Crippen LogP contribution is 2.32. The Hall–Kier alpha value is -0.160. The second-order valence-electron chi connectivity index (χ2n) is 7.55. The molecule has 3 rings (SSSR count). The number of likely N-dealkylation sites (N-methyl/N-ethyl adjacent to an activating group) is 1. The van der Waals surface area contributed by atoms with Gasteiger partial charge in [0, 0.05) is 45.4 Å². The summed E-state index contributed by atoms with van der Waals surface area (Å²) in [6, 6.07) is 0.819. The number of rotatable bonds is 8. The van der Waals surface area contributed by atoms with Crippen molar-refractivity contribution in [3.05, 3.63) is 0 Å². The van der Waals surface area contributed by atoms with Crippen molar-refractivity contribution in [2.24, 2.45) is 5.41 Å². The standard InChI is InChI=1S/C17H33N3O/c1-19(10-11-20-8-2-3-9-20)15-17(6-12-21-13-7-17)14-18-16-4-5-16/h16,18H,2-15H2,1H3. The largest absolute Gasteiger partial charge is 0.381 e. The van der Waals surface area contributed by atoms with E-state index in [0.29, 0.717) is 5.41 Å². The predicted molar refractivity (Wildman–Crippen MR) is 86.7 cm³/mol. The zero-order chi connectivity index (χ0) is 14.5. The van der Waals surface area contributed by atoms with Crippen LogP contribution in [0.15, 0.2) is 0 Å². The maximum Gasteiger partial charge on any atom is 0.0472 e. The van der Waals surface area contributed by atoms with Gasteiger partial charge in [-0.05, 0) is 64.1 Å². The van der Waals surface area contributed by atoms with E-state index in [9.17, 15) is 0 Å². The van der Waals surface area contributed by atoms with Gasteiger partial charge in [0.2, 0.25) is 0 Å². The topological polar surface area (TPSA) is 27.7 Å². The molecule has 4 heteroatoms. The molecule has 0 unspecified atom stereocenters. The molecule has 2 aliphatic heterocycles.